The Morgan fingerprint density at radius 2 is 2.33 bits per heavy atom. The fraction of sp³-hybridized carbons (Fsp3) is 0.429. The summed E-state index contributed by atoms with van der Waals surface area (Å²) in [6, 6.07) is 5.54. The molecule has 7 heteroatoms. The van der Waals surface area contributed by atoms with E-state index in [1.54, 1.807) is 35.4 Å². The number of hydrogen-bond donors (Lipinski definition) is 1. The van der Waals surface area contributed by atoms with Gasteiger partial charge in [0.25, 0.3) is 0 Å². The number of rotatable bonds is 3. The third-order valence-electron chi connectivity index (χ3n) is 3.68. The maximum absolute atomic E-state index is 10.8. The second-order valence-electron chi connectivity index (χ2n) is 5.36. The minimum Gasteiger partial charge on any atom is -0.386 e. The molecule has 3 heterocycles. The van der Waals surface area contributed by atoms with E-state index >= 15 is 0 Å². The van der Waals surface area contributed by atoms with Gasteiger partial charge < -0.3 is 10.0 Å². The molecule has 0 radical (unpaired) electrons. The van der Waals surface area contributed by atoms with E-state index in [0.717, 1.165) is 18.8 Å². The van der Waals surface area contributed by atoms with Crippen LogP contribution < -0.4 is 4.90 Å². The van der Waals surface area contributed by atoms with Crippen molar-refractivity contribution < 1.29 is 5.11 Å². The summed E-state index contributed by atoms with van der Waals surface area (Å²) in [5.41, 5.74) is -0.290. The Labute approximate surface area is 122 Å². The number of piperidine rings is 1. The van der Waals surface area contributed by atoms with E-state index in [9.17, 15) is 5.11 Å². The van der Waals surface area contributed by atoms with E-state index in [-0.39, 0.29) is 0 Å². The second kappa shape index (κ2) is 5.50. The molecule has 0 bridgehead atoms. The lowest BCUT2D eigenvalue weighted by molar-refractivity contribution is 0.00585. The predicted molar refractivity (Wildman–Crippen MR) is 75.4 cm³/mol. The molecule has 1 unspecified atom stereocenters. The number of nitrogens with zero attached hydrogens (tertiary/aromatic N) is 6. The van der Waals surface area contributed by atoms with Gasteiger partial charge in [0.05, 0.1) is 24.4 Å². The maximum Gasteiger partial charge on any atom is 0.129 e. The van der Waals surface area contributed by atoms with Gasteiger partial charge >= 0.3 is 0 Å². The van der Waals surface area contributed by atoms with Crippen molar-refractivity contribution in [1.82, 2.24) is 20.0 Å². The van der Waals surface area contributed by atoms with Crippen LogP contribution in [-0.4, -0.2) is 43.8 Å². The number of β-amino-alcohol motifs (C(OH)–C–C–N with tert-alkyl or cyclic N) is 1. The molecule has 1 atom stereocenters. The van der Waals surface area contributed by atoms with Crippen LogP contribution in [0.5, 0.6) is 0 Å². The number of anilines is 1. The molecule has 2 aromatic rings. The van der Waals surface area contributed by atoms with Crippen LogP contribution in [-0.2, 0) is 6.54 Å². The third kappa shape index (κ3) is 3.01. The second-order valence-corrected chi connectivity index (χ2v) is 5.36. The Kier molecular flexibility index (Phi) is 3.54. The fourth-order valence-corrected chi connectivity index (χ4v) is 2.72. The van der Waals surface area contributed by atoms with Crippen molar-refractivity contribution in [2.75, 3.05) is 18.0 Å². The van der Waals surface area contributed by atoms with Gasteiger partial charge in [-0.3, -0.25) is 0 Å². The first-order chi connectivity index (χ1) is 10.2. The molecule has 3 rings (SSSR count). The molecular formula is C14H16N6O. The predicted octanol–water partition coefficient (Wildman–Crippen LogP) is 0.576. The third-order valence-corrected chi connectivity index (χ3v) is 3.68. The standard InChI is InChI=1S/C14H16N6O/c15-9-12-2-4-16-13(8-12)19-6-1-3-14(21,10-19)11-20-7-5-17-18-20/h2,4-5,7-8,21H,1,3,6,10-11H2. The summed E-state index contributed by atoms with van der Waals surface area (Å²) >= 11 is 0. The Morgan fingerprint density at radius 3 is 3.10 bits per heavy atom. The molecular weight excluding hydrogens is 268 g/mol. The first-order valence-corrected chi connectivity index (χ1v) is 6.86. The fourth-order valence-electron chi connectivity index (χ4n) is 2.72. The van der Waals surface area contributed by atoms with Crippen molar-refractivity contribution in [3.63, 3.8) is 0 Å². The zero-order valence-electron chi connectivity index (χ0n) is 11.6. The highest BCUT2D eigenvalue weighted by Crippen LogP contribution is 2.26. The van der Waals surface area contributed by atoms with Gasteiger partial charge in [0.2, 0.25) is 0 Å². The summed E-state index contributed by atoms with van der Waals surface area (Å²) in [5, 5.41) is 27.4. The van der Waals surface area contributed by atoms with E-state index in [2.05, 4.69) is 21.4 Å². The van der Waals surface area contributed by atoms with Gasteiger partial charge in [-0.05, 0) is 25.0 Å². The minimum atomic E-state index is -0.865. The molecule has 1 aliphatic rings. The summed E-state index contributed by atoms with van der Waals surface area (Å²) in [4.78, 5) is 6.32. The van der Waals surface area contributed by atoms with Crippen LogP contribution in [0, 0.1) is 11.3 Å². The Morgan fingerprint density at radius 1 is 1.43 bits per heavy atom. The van der Waals surface area contributed by atoms with Crippen LogP contribution in [0.25, 0.3) is 0 Å². The quantitative estimate of drug-likeness (QED) is 0.886. The molecule has 21 heavy (non-hydrogen) atoms. The molecule has 1 N–H and O–H groups in total. The van der Waals surface area contributed by atoms with Crippen molar-refractivity contribution in [2.45, 2.75) is 25.0 Å². The smallest absolute Gasteiger partial charge is 0.129 e. The number of hydrogen-bond acceptors (Lipinski definition) is 6. The first-order valence-electron chi connectivity index (χ1n) is 6.86. The highest BCUT2D eigenvalue weighted by atomic mass is 16.3. The summed E-state index contributed by atoms with van der Waals surface area (Å²) in [5.74, 6) is 0.728. The van der Waals surface area contributed by atoms with E-state index < -0.39 is 5.60 Å². The largest absolute Gasteiger partial charge is 0.386 e. The van der Waals surface area contributed by atoms with E-state index in [1.165, 1.54) is 0 Å². The van der Waals surface area contributed by atoms with Crippen LogP contribution in [0.4, 0.5) is 5.82 Å². The summed E-state index contributed by atoms with van der Waals surface area (Å²) in [6.07, 6.45) is 6.54. The van der Waals surface area contributed by atoms with Crippen molar-refractivity contribution in [1.29, 1.82) is 5.26 Å². The van der Waals surface area contributed by atoms with Crippen molar-refractivity contribution in [3.05, 3.63) is 36.3 Å². The number of pyridine rings is 1. The first kappa shape index (κ1) is 13.5. The molecule has 0 aromatic carbocycles. The molecule has 2 aromatic heterocycles. The normalized spacial score (nSPS) is 22.0. The highest BCUT2D eigenvalue weighted by Gasteiger charge is 2.34. The molecule has 0 aliphatic carbocycles. The molecule has 1 fully saturated rings. The van der Waals surface area contributed by atoms with Gasteiger partial charge in [-0.15, -0.1) is 5.10 Å². The zero-order valence-corrected chi connectivity index (χ0v) is 11.6. The van der Waals surface area contributed by atoms with Crippen LogP contribution in [0.15, 0.2) is 30.7 Å². The van der Waals surface area contributed by atoms with E-state index in [0.29, 0.717) is 25.1 Å². The average Bonchev–Trinajstić information content (AvgIpc) is 2.99. The molecule has 0 saturated carbocycles. The van der Waals surface area contributed by atoms with Gasteiger partial charge in [0, 0.05) is 25.5 Å². The summed E-state index contributed by atoms with van der Waals surface area (Å²) < 4.78 is 1.64. The molecule has 0 spiro atoms. The van der Waals surface area contributed by atoms with Crippen LogP contribution in [0.1, 0.15) is 18.4 Å². The SMILES string of the molecule is N#Cc1ccnc(N2CCCC(O)(Cn3ccnn3)C2)c1. The van der Waals surface area contributed by atoms with Crippen LogP contribution in [0.3, 0.4) is 0 Å². The number of nitriles is 1. The Balaban J connectivity index is 1.77. The Hall–Kier alpha value is -2.46. The molecule has 0 amide bonds. The van der Waals surface area contributed by atoms with Gasteiger partial charge in [-0.2, -0.15) is 5.26 Å². The summed E-state index contributed by atoms with van der Waals surface area (Å²) in [7, 11) is 0. The Bertz CT molecular complexity index is 650. The van der Waals surface area contributed by atoms with Crippen LogP contribution in [0.2, 0.25) is 0 Å². The van der Waals surface area contributed by atoms with E-state index in [1.807, 2.05) is 4.90 Å². The summed E-state index contributed by atoms with van der Waals surface area (Å²) in [6.45, 7) is 1.69. The van der Waals surface area contributed by atoms with Gasteiger partial charge in [-0.1, -0.05) is 5.21 Å². The maximum atomic E-state index is 10.8. The van der Waals surface area contributed by atoms with Gasteiger partial charge in [0.1, 0.15) is 11.4 Å². The molecule has 1 saturated heterocycles. The molecule has 108 valence electrons. The monoisotopic (exact) mass is 284 g/mol. The van der Waals surface area contributed by atoms with Crippen molar-refractivity contribution in [3.8, 4) is 6.07 Å². The zero-order chi connectivity index (χ0) is 14.7. The lowest BCUT2D eigenvalue weighted by Crippen LogP contribution is -2.51. The molecule has 7 nitrogen and oxygen atoms in total. The lowest BCUT2D eigenvalue weighted by atomic mass is 9.92. The minimum absolute atomic E-state index is 0.404. The van der Waals surface area contributed by atoms with Crippen molar-refractivity contribution >= 4 is 5.82 Å². The number of aromatic nitrogens is 4. The van der Waals surface area contributed by atoms with Gasteiger partial charge in [-0.25, -0.2) is 9.67 Å². The van der Waals surface area contributed by atoms with E-state index in [4.69, 9.17) is 5.26 Å². The van der Waals surface area contributed by atoms with Crippen LogP contribution >= 0.6 is 0 Å². The lowest BCUT2D eigenvalue weighted by Gasteiger charge is -2.39. The highest BCUT2D eigenvalue weighted by molar-refractivity contribution is 5.45. The number of aliphatic hydroxyl groups is 1. The van der Waals surface area contributed by atoms with Crippen molar-refractivity contribution in [2.24, 2.45) is 0 Å². The average molecular weight is 284 g/mol. The topological polar surface area (TPSA) is 90.9 Å². The van der Waals surface area contributed by atoms with Gasteiger partial charge in [0.15, 0.2) is 0 Å². The molecule has 1 aliphatic heterocycles.